The highest BCUT2D eigenvalue weighted by molar-refractivity contribution is 5.93. The van der Waals surface area contributed by atoms with Crippen molar-refractivity contribution in [1.82, 2.24) is 21.3 Å². The SMILES string of the molecule is C#CC[C@H](NC(=O)[C@H](Cc1cccc2ccccc12)NC(=O)OCc1ccccc1)C(=O)N[C@@H](CC(C)C)[C@@H](O)CC(=O)N[C@H](CO)[C@@H](C)CC. The predicted molar refractivity (Wildman–Crippen MR) is 197 cm³/mol. The first-order chi connectivity index (χ1) is 24.4. The molecule has 0 heterocycles. The number of aliphatic hydroxyl groups is 2. The molecule has 0 bridgehead atoms. The second-order valence-corrected chi connectivity index (χ2v) is 13.3. The molecule has 274 valence electrons. The summed E-state index contributed by atoms with van der Waals surface area (Å²) >= 11 is 0. The van der Waals surface area contributed by atoms with E-state index in [1.54, 1.807) is 0 Å². The maximum Gasteiger partial charge on any atom is 0.408 e. The molecule has 0 aliphatic rings. The monoisotopic (exact) mass is 700 g/mol. The number of terminal acetylenes is 1. The zero-order valence-electron chi connectivity index (χ0n) is 29.9. The molecule has 0 aromatic heterocycles. The van der Waals surface area contributed by atoms with Gasteiger partial charge in [0.15, 0.2) is 0 Å². The van der Waals surface area contributed by atoms with Crippen molar-refractivity contribution in [3.63, 3.8) is 0 Å². The number of ether oxygens (including phenoxy) is 1. The first-order valence-electron chi connectivity index (χ1n) is 17.5. The summed E-state index contributed by atoms with van der Waals surface area (Å²) in [6.07, 6.45) is 4.25. The van der Waals surface area contributed by atoms with E-state index in [1.165, 1.54) is 0 Å². The minimum absolute atomic E-state index is 0.00667. The lowest BCUT2D eigenvalue weighted by molar-refractivity contribution is -0.131. The van der Waals surface area contributed by atoms with Crippen LogP contribution in [0.15, 0.2) is 72.8 Å². The summed E-state index contributed by atoms with van der Waals surface area (Å²) < 4.78 is 5.42. The number of rotatable bonds is 19. The van der Waals surface area contributed by atoms with E-state index in [2.05, 4.69) is 27.2 Å². The Hall–Kier alpha value is -4.92. The molecule has 0 aliphatic heterocycles. The maximum absolute atomic E-state index is 13.9. The molecule has 3 aromatic carbocycles. The van der Waals surface area contributed by atoms with Gasteiger partial charge in [0.1, 0.15) is 18.7 Å². The Kier molecular flexibility index (Phi) is 16.4. The van der Waals surface area contributed by atoms with Crippen molar-refractivity contribution in [1.29, 1.82) is 0 Å². The lowest BCUT2D eigenvalue weighted by Gasteiger charge is -2.29. The van der Waals surface area contributed by atoms with Crippen LogP contribution in [0.25, 0.3) is 10.8 Å². The van der Waals surface area contributed by atoms with Crippen molar-refractivity contribution in [3.8, 4) is 12.3 Å². The van der Waals surface area contributed by atoms with E-state index in [0.29, 0.717) is 6.42 Å². The fourth-order valence-corrected chi connectivity index (χ4v) is 5.76. The van der Waals surface area contributed by atoms with Gasteiger partial charge in [-0.1, -0.05) is 107 Å². The lowest BCUT2D eigenvalue weighted by atomic mass is 9.95. The fraction of sp³-hybridized carbons (Fsp3) is 0.450. The van der Waals surface area contributed by atoms with Crippen LogP contribution in [0.2, 0.25) is 0 Å². The van der Waals surface area contributed by atoms with Crippen LogP contribution in [0.5, 0.6) is 0 Å². The molecule has 0 radical (unpaired) electrons. The number of amides is 4. The van der Waals surface area contributed by atoms with E-state index in [1.807, 2.05) is 100 Å². The molecule has 6 N–H and O–H groups in total. The minimum atomic E-state index is -1.25. The smallest absolute Gasteiger partial charge is 0.408 e. The van der Waals surface area contributed by atoms with Crippen LogP contribution in [0.3, 0.4) is 0 Å². The van der Waals surface area contributed by atoms with Gasteiger partial charge in [-0.25, -0.2) is 4.79 Å². The number of carbonyl (C=O) groups excluding carboxylic acids is 4. The second kappa shape index (κ2) is 20.7. The van der Waals surface area contributed by atoms with E-state index in [4.69, 9.17) is 11.2 Å². The van der Waals surface area contributed by atoms with Crippen molar-refractivity contribution in [3.05, 3.63) is 83.9 Å². The van der Waals surface area contributed by atoms with Gasteiger partial charge in [0.2, 0.25) is 17.7 Å². The summed E-state index contributed by atoms with van der Waals surface area (Å²) in [6, 6.07) is 18.8. The first-order valence-corrected chi connectivity index (χ1v) is 17.5. The van der Waals surface area contributed by atoms with Crippen LogP contribution < -0.4 is 21.3 Å². The third-order valence-corrected chi connectivity index (χ3v) is 8.87. The van der Waals surface area contributed by atoms with Gasteiger partial charge in [-0.3, -0.25) is 14.4 Å². The van der Waals surface area contributed by atoms with E-state index in [0.717, 1.165) is 28.3 Å². The summed E-state index contributed by atoms with van der Waals surface area (Å²) in [7, 11) is 0. The number of fused-ring (bicyclic) bond motifs is 1. The molecule has 6 atom stereocenters. The van der Waals surface area contributed by atoms with Gasteiger partial charge < -0.3 is 36.2 Å². The number of aliphatic hydroxyl groups excluding tert-OH is 2. The fourth-order valence-electron chi connectivity index (χ4n) is 5.76. The first kappa shape index (κ1) is 40.5. The number of benzene rings is 3. The summed E-state index contributed by atoms with van der Waals surface area (Å²) in [5, 5.41) is 33.6. The Labute approximate surface area is 300 Å². The summed E-state index contributed by atoms with van der Waals surface area (Å²) in [5.41, 5.74) is 1.57. The molecule has 51 heavy (non-hydrogen) atoms. The van der Waals surface area contributed by atoms with Gasteiger partial charge in [0.25, 0.3) is 0 Å². The normalized spacial score (nSPS) is 14.6. The molecule has 3 aromatic rings. The molecule has 0 aliphatic carbocycles. The summed E-state index contributed by atoms with van der Waals surface area (Å²) in [4.78, 5) is 53.3. The average Bonchev–Trinajstić information content (AvgIpc) is 3.12. The molecule has 11 heteroatoms. The molecule has 0 fully saturated rings. The Bertz CT molecular complexity index is 1620. The van der Waals surface area contributed by atoms with Crippen molar-refractivity contribution >= 4 is 34.6 Å². The van der Waals surface area contributed by atoms with Gasteiger partial charge in [-0.2, -0.15) is 0 Å². The van der Waals surface area contributed by atoms with Gasteiger partial charge in [-0.05, 0) is 40.2 Å². The van der Waals surface area contributed by atoms with Gasteiger partial charge in [-0.15, -0.1) is 12.3 Å². The van der Waals surface area contributed by atoms with Crippen LogP contribution in [0.1, 0.15) is 64.5 Å². The highest BCUT2D eigenvalue weighted by Crippen LogP contribution is 2.20. The molecular formula is C40H52N4O7. The molecule has 11 nitrogen and oxygen atoms in total. The van der Waals surface area contributed by atoms with Crippen molar-refractivity contribution in [2.75, 3.05) is 6.61 Å². The van der Waals surface area contributed by atoms with Crippen molar-refractivity contribution in [2.24, 2.45) is 11.8 Å². The number of alkyl carbamates (subject to hydrolysis) is 1. The highest BCUT2D eigenvalue weighted by Gasteiger charge is 2.31. The third kappa shape index (κ3) is 13.0. The zero-order chi connectivity index (χ0) is 37.3. The Morgan fingerprint density at radius 1 is 0.824 bits per heavy atom. The largest absolute Gasteiger partial charge is 0.445 e. The van der Waals surface area contributed by atoms with Gasteiger partial charge in [0.05, 0.1) is 31.2 Å². The van der Waals surface area contributed by atoms with E-state index >= 15 is 0 Å². The molecular weight excluding hydrogens is 648 g/mol. The van der Waals surface area contributed by atoms with Crippen molar-refractivity contribution < 1.29 is 34.1 Å². The van der Waals surface area contributed by atoms with E-state index in [9.17, 15) is 29.4 Å². The van der Waals surface area contributed by atoms with E-state index in [-0.39, 0.29) is 44.3 Å². The molecule has 4 amide bonds. The highest BCUT2D eigenvalue weighted by atomic mass is 16.5. The molecule has 0 saturated heterocycles. The topological polar surface area (TPSA) is 166 Å². The van der Waals surface area contributed by atoms with Crippen LogP contribution >= 0.6 is 0 Å². The minimum Gasteiger partial charge on any atom is -0.445 e. The number of hydrogen-bond donors (Lipinski definition) is 6. The van der Waals surface area contributed by atoms with Gasteiger partial charge in [0, 0.05) is 12.8 Å². The Morgan fingerprint density at radius 2 is 1.49 bits per heavy atom. The average molecular weight is 701 g/mol. The summed E-state index contributed by atoms with van der Waals surface area (Å²) in [5.74, 6) is 0.734. The van der Waals surface area contributed by atoms with Crippen LogP contribution in [-0.4, -0.2) is 70.9 Å². The molecule has 3 rings (SSSR count). The molecule has 0 unspecified atom stereocenters. The quantitative estimate of drug-likeness (QED) is 0.103. The predicted octanol–water partition coefficient (Wildman–Crippen LogP) is 3.99. The van der Waals surface area contributed by atoms with Crippen LogP contribution in [-0.2, 0) is 32.1 Å². The number of hydrogen-bond acceptors (Lipinski definition) is 7. The number of nitrogens with one attached hydrogen (secondary N) is 4. The van der Waals surface area contributed by atoms with Crippen LogP contribution in [0, 0.1) is 24.2 Å². The standard InChI is InChI=1S/C40H52N4O7/c1-6-14-32(38(48)43-33(21-26(3)4)36(46)23-37(47)41-35(24-45)27(5)7-2)42-39(49)34(44-40(50)51-25-28-15-9-8-10-16-28)22-30-19-13-18-29-17-11-12-20-31(29)30/h1,8-13,15-20,26-27,32-36,45-46H,7,14,21-25H2,2-5H3,(H,41,47)(H,42,49)(H,43,48)(H,44,50)/t27-,32-,33-,34-,35+,36-/m0/s1. The second-order valence-electron chi connectivity index (χ2n) is 13.3. The Balaban J connectivity index is 1.78. The Morgan fingerprint density at radius 3 is 2.16 bits per heavy atom. The molecule has 0 spiro atoms. The van der Waals surface area contributed by atoms with Crippen molar-refractivity contribution in [2.45, 2.75) is 96.7 Å². The van der Waals surface area contributed by atoms with Crippen LogP contribution in [0.4, 0.5) is 4.79 Å². The number of carbonyl (C=O) groups is 4. The maximum atomic E-state index is 13.9. The zero-order valence-corrected chi connectivity index (χ0v) is 29.9. The van der Waals surface area contributed by atoms with Gasteiger partial charge >= 0.3 is 6.09 Å². The molecule has 0 saturated carbocycles. The van der Waals surface area contributed by atoms with E-state index < -0.39 is 54.1 Å². The summed E-state index contributed by atoms with van der Waals surface area (Å²) in [6.45, 7) is 7.45. The lowest BCUT2D eigenvalue weighted by Crippen LogP contribution is -2.57. The third-order valence-electron chi connectivity index (χ3n) is 8.87.